The Morgan fingerprint density at radius 3 is 2.37 bits per heavy atom. The number of carbonyl (C=O) groups excluding carboxylic acids is 2. The third-order valence-corrected chi connectivity index (χ3v) is 6.75. The first kappa shape index (κ1) is 20.6. The van der Waals surface area contributed by atoms with E-state index in [0.29, 0.717) is 5.69 Å². The van der Waals surface area contributed by atoms with Crippen molar-refractivity contribution in [2.24, 2.45) is 0 Å². The first-order valence-corrected chi connectivity index (χ1v) is 10.3. The molecule has 2 aliphatic rings. The Balaban J connectivity index is 1.49. The molecule has 30 heavy (non-hydrogen) atoms. The van der Waals surface area contributed by atoms with Gasteiger partial charge in [0.25, 0.3) is 0 Å². The predicted octanol–water partition coefficient (Wildman–Crippen LogP) is 3.86. The minimum Gasteiger partial charge on any atom is -0.367 e. The number of para-hydroxylation sites is 2. The average molecular weight is 435 g/mol. The second kappa shape index (κ2) is 7.54. The molecule has 0 bridgehead atoms. The lowest BCUT2D eigenvalue weighted by atomic mass is 10.1. The van der Waals surface area contributed by atoms with Crippen LogP contribution >= 0.6 is 11.8 Å². The second-order valence-corrected chi connectivity index (χ2v) is 8.84. The summed E-state index contributed by atoms with van der Waals surface area (Å²) >= 11 is 1.21. The Morgan fingerprint density at radius 2 is 1.67 bits per heavy atom. The summed E-state index contributed by atoms with van der Waals surface area (Å²) < 4.78 is 38.7. The van der Waals surface area contributed by atoms with Crippen LogP contribution in [-0.4, -0.2) is 47.6 Å². The number of nitrogens with zero attached hydrogens (tertiary/aromatic N) is 2. The van der Waals surface area contributed by atoms with E-state index in [1.165, 1.54) is 23.9 Å². The summed E-state index contributed by atoms with van der Waals surface area (Å²) in [4.78, 5) is 29.9. The van der Waals surface area contributed by atoms with Crippen LogP contribution in [0.5, 0.6) is 0 Å². The van der Waals surface area contributed by atoms with E-state index >= 15 is 0 Å². The van der Waals surface area contributed by atoms with E-state index < -0.39 is 16.5 Å². The van der Waals surface area contributed by atoms with Crippen LogP contribution < -0.4 is 10.2 Å². The molecule has 2 aromatic carbocycles. The fraction of sp³-hybridized carbons (Fsp3) is 0.333. The molecule has 4 rings (SSSR count). The molecule has 2 aliphatic heterocycles. The Bertz CT molecular complexity index is 989. The number of hydrogen-bond acceptors (Lipinski definition) is 4. The summed E-state index contributed by atoms with van der Waals surface area (Å²) in [5, 5.41) is 2.79. The van der Waals surface area contributed by atoms with Crippen molar-refractivity contribution in [3.63, 3.8) is 0 Å². The van der Waals surface area contributed by atoms with E-state index in [9.17, 15) is 22.8 Å². The normalized spacial score (nSPS) is 21.8. The number of hydrogen-bond donors (Lipinski definition) is 1. The number of halogens is 3. The van der Waals surface area contributed by atoms with Crippen molar-refractivity contribution in [1.82, 2.24) is 4.90 Å². The summed E-state index contributed by atoms with van der Waals surface area (Å²) in [6, 6.07) is 12.7. The van der Waals surface area contributed by atoms with Crippen LogP contribution in [-0.2, 0) is 15.8 Å². The van der Waals surface area contributed by atoms with Crippen LogP contribution in [0.25, 0.3) is 0 Å². The maximum absolute atomic E-state index is 13.3. The molecule has 158 valence electrons. The third-order valence-electron chi connectivity index (χ3n) is 5.41. The quantitative estimate of drug-likeness (QED) is 0.728. The van der Waals surface area contributed by atoms with Crippen LogP contribution in [0.3, 0.4) is 0 Å². The van der Waals surface area contributed by atoms with Gasteiger partial charge in [0.05, 0.1) is 11.3 Å². The first-order chi connectivity index (χ1) is 14.2. The Labute approximate surface area is 176 Å². The molecule has 2 amide bonds. The SMILES string of the molecule is CC1(C(=O)N2CCN(c3ccccc3C(F)(F)F)CC2)Sc2ccccc2NC1=O. The molecule has 0 aromatic heterocycles. The number of amides is 2. The van der Waals surface area contributed by atoms with Gasteiger partial charge in [-0.15, -0.1) is 0 Å². The number of rotatable bonds is 2. The van der Waals surface area contributed by atoms with Gasteiger partial charge in [0.15, 0.2) is 4.75 Å². The largest absolute Gasteiger partial charge is 0.418 e. The van der Waals surface area contributed by atoms with Crippen molar-refractivity contribution < 1.29 is 22.8 Å². The Morgan fingerprint density at radius 1 is 1.03 bits per heavy atom. The maximum atomic E-state index is 13.3. The minimum absolute atomic E-state index is 0.113. The number of piperazine rings is 1. The summed E-state index contributed by atoms with van der Waals surface area (Å²) in [6.07, 6.45) is -4.44. The van der Waals surface area contributed by atoms with Crippen LogP contribution in [0.4, 0.5) is 24.5 Å². The number of anilines is 2. The Kier molecular flexibility index (Phi) is 5.17. The van der Waals surface area contributed by atoms with Gasteiger partial charge in [-0.3, -0.25) is 9.59 Å². The van der Waals surface area contributed by atoms with Gasteiger partial charge in [-0.2, -0.15) is 13.2 Å². The van der Waals surface area contributed by atoms with Gasteiger partial charge in [-0.1, -0.05) is 36.0 Å². The highest BCUT2D eigenvalue weighted by molar-refractivity contribution is 8.02. The topological polar surface area (TPSA) is 52.7 Å². The molecule has 1 fully saturated rings. The van der Waals surface area contributed by atoms with Gasteiger partial charge in [0.2, 0.25) is 11.8 Å². The molecule has 1 saturated heterocycles. The summed E-state index contributed by atoms with van der Waals surface area (Å²) in [5.41, 5.74) is 0.101. The number of nitrogens with one attached hydrogen (secondary N) is 1. The highest BCUT2D eigenvalue weighted by Crippen LogP contribution is 2.43. The van der Waals surface area contributed by atoms with Crippen molar-refractivity contribution in [3.8, 4) is 0 Å². The summed E-state index contributed by atoms with van der Waals surface area (Å²) in [7, 11) is 0. The molecular formula is C21H20F3N3O2S. The van der Waals surface area contributed by atoms with Gasteiger partial charge in [0, 0.05) is 36.8 Å². The fourth-order valence-corrected chi connectivity index (χ4v) is 4.92. The summed E-state index contributed by atoms with van der Waals surface area (Å²) in [6.45, 7) is 2.61. The third kappa shape index (κ3) is 3.62. The molecule has 0 aliphatic carbocycles. The second-order valence-electron chi connectivity index (χ2n) is 7.38. The maximum Gasteiger partial charge on any atom is 0.418 e. The van der Waals surface area contributed by atoms with Gasteiger partial charge in [0.1, 0.15) is 0 Å². The van der Waals surface area contributed by atoms with Crippen molar-refractivity contribution in [2.45, 2.75) is 22.7 Å². The lowest BCUT2D eigenvalue weighted by Crippen LogP contribution is -2.58. The molecule has 1 N–H and O–H groups in total. The van der Waals surface area contributed by atoms with Gasteiger partial charge in [-0.25, -0.2) is 0 Å². The zero-order valence-corrected chi connectivity index (χ0v) is 17.0. The highest BCUT2D eigenvalue weighted by atomic mass is 32.2. The standard InChI is InChI=1S/C21H20F3N3O2S/c1-20(18(28)25-15-7-3-5-9-17(15)30-20)19(29)27-12-10-26(11-13-27)16-8-4-2-6-14(16)21(22,23)24/h2-9H,10-13H2,1H3,(H,25,28). The van der Waals surface area contributed by atoms with E-state index in [2.05, 4.69) is 5.32 Å². The minimum atomic E-state index is -4.44. The molecule has 5 nitrogen and oxygen atoms in total. The zero-order valence-electron chi connectivity index (χ0n) is 16.2. The highest BCUT2D eigenvalue weighted by Gasteiger charge is 2.48. The predicted molar refractivity (Wildman–Crippen MR) is 110 cm³/mol. The van der Waals surface area contributed by atoms with Gasteiger partial charge >= 0.3 is 6.18 Å². The lowest BCUT2D eigenvalue weighted by molar-refractivity contribution is -0.139. The van der Waals surface area contributed by atoms with Crippen molar-refractivity contribution in [2.75, 3.05) is 36.4 Å². The fourth-order valence-electron chi connectivity index (χ4n) is 3.75. The molecule has 1 unspecified atom stereocenters. The molecule has 9 heteroatoms. The molecular weight excluding hydrogens is 415 g/mol. The van der Waals surface area contributed by atoms with Crippen molar-refractivity contribution in [3.05, 3.63) is 54.1 Å². The summed E-state index contributed by atoms with van der Waals surface area (Å²) in [5.74, 6) is -0.718. The average Bonchev–Trinajstić information content (AvgIpc) is 2.73. The molecule has 0 spiro atoms. The number of alkyl halides is 3. The van der Waals surface area contributed by atoms with Crippen LogP contribution in [0.1, 0.15) is 12.5 Å². The molecule has 0 saturated carbocycles. The monoisotopic (exact) mass is 435 g/mol. The van der Waals surface area contributed by atoms with E-state index in [4.69, 9.17) is 0 Å². The molecule has 2 heterocycles. The number of carbonyl (C=O) groups is 2. The smallest absolute Gasteiger partial charge is 0.367 e. The van der Waals surface area contributed by atoms with Crippen LogP contribution in [0.15, 0.2) is 53.4 Å². The molecule has 2 aromatic rings. The van der Waals surface area contributed by atoms with Crippen LogP contribution in [0, 0.1) is 0 Å². The molecule has 0 radical (unpaired) electrons. The molecule has 1 atom stereocenters. The zero-order chi connectivity index (χ0) is 21.5. The van der Waals surface area contributed by atoms with Gasteiger partial charge < -0.3 is 15.1 Å². The van der Waals surface area contributed by atoms with E-state index in [1.807, 2.05) is 18.2 Å². The number of fused-ring (bicyclic) bond motifs is 1. The van der Waals surface area contributed by atoms with Crippen molar-refractivity contribution >= 4 is 35.0 Å². The van der Waals surface area contributed by atoms with Gasteiger partial charge in [-0.05, 0) is 31.2 Å². The first-order valence-electron chi connectivity index (χ1n) is 9.50. The number of thioether (sulfide) groups is 1. The van der Waals surface area contributed by atoms with E-state index in [1.54, 1.807) is 28.9 Å². The lowest BCUT2D eigenvalue weighted by Gasteiger charge is -2.41. The van der Waals surface area contributed by atoms with Crippen LogP contribution in [0.2, 0.25) is 0 Å². The van der Waals surface area contributed by atoms with E-state index in [0.717, 1.165) is 11.0 Å². The Hall–Kier alpha value is -2.68. The number of benzene rings is 2. The van der Waals surface area contributed by atoms with E-state index in [-0.39, 0.29) is 43.7 Å². The van der Waals surface area contributed by atoms with Crippen molar-refractivity contribution in [1.29, 1.82) is 0 Å².